The third kappa shape index (κ3) is 4.63. The molecule has 0 aliphatic carbocycles. The zero-order valence-corrected chi connectivity index (χ0v) is 15.9. The summed E-state index contributed by atoms with van der Waals surface area (Å²) in [6.45, 7) is 3.50. The number of pyridine rings is 1. The van der Waals surface area contributed by atoms with Crippen molar-refractivity contribution in [2.75, 3.05) is 31.7 Å². The molecule has 0 spiro atoms. The van der Waals surface area contributed by atoms with Crippen molar-refractivity contribution in [3.05, 3.63) is 30.1 Å². The molecule has 0 radical (unpaired) electrons. The molecule has 146 valence electrons. The number of aromatic nitrogens is 3. The minimum absolute atomic E-state index is 0.0118. The minimum Gasteiger partial charge on any atom is -0.382 e. The Balaban J connectivity index is 1.93. The van der Waals surface area contributed by atoms with Gasteiger partial charge < -0.3 is 29.6 Å². The zero-order chi connectivity index (χ0) is 19.4. The third-order valence-electron chi connectivity index (χ3n) is 4.11. The van der Waals surface area contributed by atoms with Crippen LogP contribution in [0.2, 0.25) is 0 Å². The van der Waals surface area contributed by atoms with Crippen LogP contribution in [-0.4, -0.2) is 50.3 Å². The van der Waals surface area contributed by atoms with Crippen LogP contribution in [0, 0.1) is 0 Å². The second-order valence-electron chi connectivity index (χ2n) is 6.03. The molecule has 0 aliphatic rings. The Hall–Kier alpha value is -2.03. The Morgan fingerprint density at radius 3 is 2.70 bits per heavy atom. The van der Waals surface area contributed by atoms with E-state index in [0.29, 0.717) is 36.9 Å². The van der Waals surface area contributed by atoms with Gasteiger partial charge in [-0.25, -0.2) is 9.97 Å². The number of nitrogens with two attached hydrogens (primary N) is 1. The second-order valence-corrected chi connectivity index (χ2v) is 7.81. The van der Waals surface area contributed by atoms with Crippen LogP contribution in [0.4, 0.5) is 5.82 Å². The number of hydrogen-bond donors (Lipinski definition) is 3. The van der Waals surface area contributed by atoms with Gasteiger partial charge in [-0.2, -0.15) is 0 Å². The maximum Gasteiger partial charge on any atom is 0.327 e. The lowest BCUT2D eigenvalue weighted by atomic mass is 10.2. The highest BCUT2D eigenvalue weighted by Gasteiger charge is 2.17. The molecule has 3 aromatic rings. The summed E-state index contributed by atoms with van der Waals surface area (Å²) in [4.78, 5) is 26.8. The molecule has 3 rings (SSSR count). The largest absolute Gasteiger partial charge is 0.382 e. The van der Waals surface area contributed by atoms with Gasteiger partial charge in [-0.15, -0.1) is 0 Å². The van der Waals surface area contributed by atoms with E-state index in [1.54, 1.807) is 0 Å². The van der Waals surface area contributed by atoms with Crippen molar-refractivity contribution in [1.82, 2.24) is 14.5 Å². The standard InChI is InChI=1S/C17H23N4O5P/c1-2-25-11-14-20-15-16(12-5-3-4-6-13(12)19-17(15)18)21(14)7-8-26-9-10-27(22,23)24/h3-6H,2,7-11H2,1H3,(H2,18,19)(H2,22,23,24). The summed E-state index contributed by atoms with van der Waals surface area (Å²) in [5.41, 5.74) is 8.35. The van der Waals surface area contributed by atoms with Crippen LogP contribution in [0.1, 0.15) is 12.7 Å². The number of anilines is 1. The number of hydrogen-bond acceptors (Lipinski definition) is 6. The van der Waals surface area contributed by atoms with Gasteiger partial charge in [0.15, 0.2) is 5.82 Å². The summed E-state index contributed by atoms with van der Waals surface area (Å²) >= 11 is 0. The van der Waals surface area contributed by atoms with Crippen molar-refractivity contribution in [1.29, 1.82) is 0 Å². The molecule has 10 heteroatoms. The fraction of sp³-hybridized carbons (Fsp3) is 0.412. The summed E-state index contributed by atoms with van der Waals surface area (Å²) in [5, 5.41) is 0.923. The van der Waals surface area contributed by atoms with E-state index in [2.05, 4.69) is 9.97 Å². The summed E-state index contributed by atoms with van der Waals surface area (Å²) in [6, 6.07) is 7.67. The highest BCUT2D eigenvalue weighted by Crippen LogP contribution is 2.33. The lowest BCUT2D eigenvalue weighted by molar-refractivity contribution is 0.117. The molecule has 0 bridgehead atoms. The van der Waals surface area contributed by atoms with Crippen LogP contribution in [0.3, 0.4) is 0 Å². The number of ether oxygens (including phenoxy) is 2. The number of rotatable bonds is 9. The Kier molecular flexibility index (Phi) is 6.08. The number of nitrogen functional groups attached to an aromatic ring is 1. The highest BCUT2D eigenvalue weighted by molar-refractivity contribution is 7.51. The lowest BCUT2D eigenvalue weighted by Gasteiger charge is -2.11. The van der Waals surface area contributed by atoms with E-state index in [1.807, 2.05) is 35.8 Å². The van der Waals surface area contributed by atoms with Crippen molar-refractivity contribution in [3.63, 3.8) is 0 Å². The van der Waals surface area contributed by atoms with Crippen LogP contribution in [0.5, 0.6) is 0 Å². The molecular weight excluding hydrogens is 371 g/mol. The van der Waals surface area contributed by atoms with Crippen LogP contribution < -0.4 is 5.73 Å². The van der Waals surface area contributed by atoms with E-state index in [9.17, 15) is 4.57 Å². The van der Waals surface area contributed by atoms with E-state index in [-0.39, 0.29) is 19.4 Å². The van der Waals surface area contributed by atoms with Gasteiger partial charge in [0.2, 0.25) is 0 Å². The van der Waals surface area contributed by atoms with Crippen molar-refractivity contribution in [3.8, 4) is 0 Å². The summed E-state index contributed by atoms with van der Waals surface area (Å²) in [5.74, 6) is 1.05. The Morgan fingerprint density at radius 1 is 1.19 bits per heavy atom. The molecule has 0 saturated heterocycles. The first-order valence-electron chi connectivity index (χ1n) is 8.64. The summed E-state index contributed by atoms with van der Waals surface area (Å²) in [7, 11) is -4.06. The third-order valence-corrected chi connectivity index (χ3v) is 4.88. The normalized spacial score (nSPS) is 12.3. The Bertz CT molecular complexity index is 984. The summed E-state index contributed by atoms with van der Waals surface area (Å²) < 4.78 is 23.8. The molecule has 0 saturated carbocycles. The van der Waals surface area contributed by atoms with Crippen LogP contribution in [0.25, 0.3) is 21.9 Å². The van der Waals surface area contributed by atoms with Gasteiger partial charge in [0, 0.05) is 18.5 Å². The lowest BCUT2D eigenvalue weighted by Crippen LogP contribution is -2.12. The molecule has 2 aromatic heterocycles. The van der Waals surface area contributed by atoms with Gasteiger partial charge in [0.05, 0.1) is 30.4 Å². The van der Waals surface area contributed by atoms with E-state index >= 15 is 0 Å². The highest BCUT2D eigenvalue weighted by atomic mass is 31.2. The number of nitrogens with zero attached hydrogens (tertiary/aromatic N) is 3. The number of para-hydroxylation sites is 1. The van der Waals surface area contributed by atoms with Crippen LogP contribution in [0.15, 0.2) is 24.3 Å². The first kappa shape index (κ1) is 19.7. The number of imidazole rings is 1. The molecule has 2 heterocycles. The molecular formula is C17H23N4O5P. The van der Waals surface area contributed by atoms with Crippen molar-refractivity contribution >= 4 is 35.3 Å². The zero-order valence-electron chi connectivity index (χ0n) is 15.0. The number of benzene rings is 1. The van der Waals surface area contributed by atoms with Gasteiger partial charge >= 0.3 is 7.60 Å². The van der Waals surface area contributed by atoms with Gasteiger partial charge in [-0.3, -0.25) is 4.57 Å². The first-order chi connectivity index (χ1) is 12.9. The van der Waals surface area contributed by atoms with Gasteiger partial charge in [-0.1, -0.05) is 18.2 Å². The molecule has 0 fully saturated rings. The van der Waals surface area contributed by atoms with E-state index in [4.69, 9.17) is 25.0 Å². The molecule has 0 amide bonds. The molecule has 27 heavy (non-hydrogen) atoms. The van der Waals surface area contributed by atoms with Crippen molar-refractivity contribution in [2.45, 2.75) is 20.1 Å². The van der Waals surface area contributed by atoms with Gasteiger partial charge in [0.25, 0.3) is 0 Å². The molecule has 1 aromatic carbocycles. The quantitative estimate of drug-likeness (QED) is 0.370. The van der Waals surface area contributed by atoms with E-state index in [1.165, 1.54) is 0 Å². The Labute approximate surface area is 156 Å². The Morgan fingerprint density at radius 2 is 1.96 bits per heavy atom. The monoisotopic (exact) mass is 394 g/mol. The van der Waals surface area contributed by atoms with Crippen molar-refractivity contribution in [2.24, 2.45) is 0 Å². The van der Waals surface area contributed by atoms with Crippen LogP contribution in [-0.2, 0) is 27.2 Å². The number of fused-ring (bicyclic) bond motifs is 3. The van der Waals surface area contributed by atoms with Crippen LogP contribution >= 0.6 is 7.60 Å². The maximum atomic E-state index is 10.9. The predicted molar refractivity (Wildman–Crippen MR) is 103 cm³/mol. The molecule has 0 aliphatic heterocycles. The molecule has 0 unspecified atom stereocenters. The maximum absolute atomic E-state index is 10.9. The van der Waals surface area contributed by atoms with E-state index in [0.717, 1.165) is 16.4 Å². The molecule has 0 atom stereocenters. The average Bonchev–Trinajstić information content (AvgIpc) is 2.98. The second kappa shape index (κ2) is 8.33. The van der Waals surface area contributed by atoms with E-state index < -0.39 is 7.60 Å². The predicted octanol–water partition coefficient (Wildman–Crippen LogP) is 1.90. The fourth-order valence-corrected chi connectivity index (χ4v) is 3.26. The van der Waals surface area contributed by atoms with Crippen molar-refractivity contribution < 1.29 is 23.8 Å². The molecule has 4 N–H and O–H groups in total. The average molecular weight is 394 g/mol. The smallest absolute Gasteiger partial charge is 0.327 e. The first-order valence-corrected chi connectivity index (χ1v) is 10.4. The van der Waals surface area contributed by atoms with Gasteiger partial charge in [0.1, 0.15) is 17.9 Å². The van der Waals surface area contributed by atoms with Gasteiger partial charge in [-0.05, 0) is 13.0 Å². The topological polar surface area (TPSA) is 133 Å². The minimum atomic E-state index is -4.06. The SMILES string of the molecule is CCOCc1nc2c(N)nc3ccccc3c2n1CCOCCP(=O)(O)O. The fourth-order valence-electron chi connectivity index (χ4n) is 2.89. The molecule has 9 nitrogen and oxygen atoms in total. The summed E-state index contributed by atoms with van der Waals surface area (Å²) in [6.07, 6.45) is -0.302.